The van der Waals surface area contributed by atoms with Crippen LogP contribution >= 0.6 is 11.6 Å². The number of carbonyl (C=O) groups is 1. The van der Waals surface area contributed by atoms with Crippen LogP contribution in [0.1, 0.15) is 29.6 Å². The first-order valence-corrected chi connectivity index (χ1v) is 11.3. The molecule has 1 amide bonds. The van der Waals surface area contributed by atoms with Crippen LogP contribution in [0.15, 0.2) is 60.1 Å². The first kappa shape index (κ1) is 20.5. The molecule has 1 aliphatic rings. The summed E-state index contributed by atoms with van der Waals surface area (Å²) in [6, 6.07) is 7.72. The fraction of sp³-hybridized carbons (Fsp3) is 0.250. The van der Waals surface area contributed by atoms with Gasteiger partial charge in [0.15, 0.2) is 0 Å². The first-order valence-electron chi connectivity index (χ1n) is 9.50. The van der Waals surface area contributed by atoms with Crippen molar-refractivity contribution in [2.75, 3.05) is 18.4 Å². The van der Waals surface area contributed by atoms with Gasteiger partial charge in [0, 0.05) is 31.0 Å². The van der Waals surface area contributed by atoms with Gasteiger partial charge in [-0.05, 0) is 43.2 Å². The second-order valence-electron chi connectivity index (χ2n) is 6.94. The van der Waals surface area contributed by atoms with Crippen LogP contribution in [0.25, 0.3) is 5.82 Å². The molecule has 156 valence electrons. The minimum atomic E-state index is -3.75. The molecule has 1 saturated heterocycles. The summed E-state index contributed by atoms with van der Waals surface area (Å²) < 4.78 is 29.1. The number of hydrogen-bond acceptors (Lipinski definition) is 5. The van der Waals surface area contributed by atoms with Crippen LogP contribution in [-0.4, -0.2) is 46.3 Å². The van der Waals surface area contributed by atoms with Gasteiger partial charge in [-0.3, -0.25) is 9.36 Å². The first-order chi connectivity index (χ1) is 14.4. The van der Waals surface area contributed by atoms with Crippen molar-refractivity contribution in [1.82, 2.24) is 18.8 Å². The molecule has 3 aromatic rings. The van der Waals surface area contributed by atoms with Crippen molar-refractivity contribution in [2.24, 2.45) is 0 Å². The van der Waals surface area contributed by atoms with Crippen LogP contribution < -0.4 is 5.32 Å². The third-order valence-electron chi connectivity index (χ3n) is 4.90. The summed E-state index contributed by atoms with van der Waals surface area (Å²) in [5, 5.41) is 2.83. The van der Waals surface area contributed by atoms with Crippen LogP contribution in [0, 0.1) is 0 Å². The zero-order valence-corrected chi connectivity index (χ0v) is 17.6. The number of carbonyl (C=O) groups excluding carboxylic acids is 1. The van der Waals surface area contributed by atoms with Crippen molar-refractivity contribution in [2.45, 2.75) is 24.2 Å². The van der Waals surface area contributed by atoms with Gasteiger partial charge in [0.2, 0.25) is 10.0 Å². The second-order valence-corrected chi connectivity index (χ2v) is 9.25. The smallest absolute Gasteiger partial charge is 0.255 e. The van der Waals surface area contributed by atoms with E-state index in [-0.39, 0.29) is 15.5 Å². The summed E-state index contributed by atoms with van der Waals surface area (Å²) in [5.41, 5.74) is 0.688. The summed E-state index contributed by atoms with van der Waals surface area (Å²) in [6.07, 6.45) is 9.20. The molecule has 0 radical (unpaired) electrons. The molecule has 0 saturated carbocycles. The van der Waals surface area contributed by atoms with E-state index >= 15 is 0 Å². The number of nitrogens with one attached hydrogen (secondary N) is 1. The zero-order chi connectivity index (χ0) is 21.1. The Labute approximate surface area is 179 Å². The SMILES string of the molecule is O=C(Nc1ccc(-n2ccnc2)nc1)c1ccc(Cl)c(S(=O)(=O)N2CCCCC2)c1. The Balaban J connectivity index is 1.54. The standard InChI is InChI=1S/C20H20ClN5O3S/c21-17-6-4-15(12-18(17)30(28,29)26-9-2-1-3-10-26)20(27)24-16-5-7-19(23-13-16)25-11-8-22-14-25/h4-8,11-14H,1-3,9-10H2,(H,24,27). The van der Waals surface area contributed by atoms with Crippen LogP contribution in [0.2, 0.25) is 5.02 Å². The third-order valence-corrected chi connectivity index (χ3v) is 7.28. The van der Waals surface area contributed by atoms with Gasteiger partial charge in [0.1, 0.15) is 17.0 Å². The number of aromatic nitrogens is 3. The summed E-state index contributed by atoms with van der Waals surface area (Å²) in [4.78, 5) is 20.9. The summed E-state index contributed by atoms with van der Waals surface area (Å²) in [7, 11) is -3.75. The molecular weight excluding hydrogens is 426 g/mol. The number of sulfonamides is 1. The molecule has 0 atom stereocenters. The summed E-state index contributed by atoms with van der Waals surface area (Å²) >= 11 is 6.18. The molecule has 1 aliphatic heterocycles. The average Bonchev–Trinajstić information content (AvgIpc) is 3.30. The van der Waals surface area contributed by atoms with Gasteiger partial charge >= 0.3 is 0 Å². The van der Waals surface area contributed by atoms with E-state index in [0.29, 0.717) is 24.6 Å². The number of piperidine rings is 1. The normalized spacial score (nSPS) is 15.1. The van der Waals surface area contributed by atoms with Gasteiger partial charge in [-0.15, -0.1) is 0 Å². The van der Waals surface area contributed by atoms with Gasteiger partial charge in [0.05, 0.1) is 16.9 Å². The fourth-order valence-corrected chi connectivity index (χ4v) is 5.31. The maximum absolute atomic E-state index is 13.0. The zero-order valence-electron chi connectivity index (χ0n) is 16.0. The lowest BCUT2D eigenvalue weighted by molar-refractivity contribution is 0.102. The van der Waals surface area contributed by atoms with Crippen molar-refractivity contribution in [3.05, 3.63) is 65.8 Å². The van der Waals surface area contributed by atoms with E-state index in [4.69, 9.17) is 11.6 Å². The molecule has 30 heavy (non-hydrogen) atoms. The fourth-order valence-electron chi connectivity index (χ4n) is 3.30. The number of halogens is 1. The number of pyridine rings is 1. The lowest BCUT2D eigenvalue weighted by Crippen LogP contribution is -2.35. The molecule has 1 fully saturated rings. The number of nitrogens with zero attached hydrogens (tertiary/aromatic N) is 4. The molecule has 3 heterocycles. The van der Waals surface area contributed by atoms with Gasteiger partial charge in [-0.25, -0.2) is 18.4 Å². The van der Waals surface area contributed by atoms with Crippen LogP contribution in [-0.2, 0) is 10.0 Å². The summed E-state index contributed by atoms with van der Waals surface area (Å²) in [6.45, 7) is 0.925. The topological polar surface area (TPSA) is 97.2 Å². The molecule has 4 rings (SSSR count). The van der Waals surface area contributed by atoms with E-state index < -0.39 is 15.9 Å². The molecule has 0 unspecified atom stereocenters. The van der Waals surface area contributed by atoms with Gasteiger partial charge in [-0.2, -0.15) is 4.31 Å². The lowest BCUT2D eigenvalue weighted by atomic mass is 10.2. The van der Waals surface area contributed by atoms with Crippen LogP contribution in [0.4, 0.5) is 5.69 Å². The van der Waals surface area contributed by atoms with E-state index in [9.17, 15) is 13.2 Å². The van der Waals surface area contributed by atoms with Crippen molar-refractivity contribution in [3.63, 3.8) is 0 Å². The monoisotopic (exact) mass is 445 g/mol. The quantitative estimate of drug-likeness (QED) is 0.649. The van der Waals surface area contributed by atoms with E-state index in [1.54, 1.807) is 35.4 Å². The number of hydrogen-bond donors (Lipinski definition) is 1. The van der Waals surface area contributed by atoms with Crippen molar-refractivity contribution in [3.8, 4) is 5.82 Å². The maximum Gasteiger partial charge on any atom is 0.255 e. The molecule has 1 aromatic carbocycles. The third kappa shape index (κ3) is 4.23. The van der Waals surface area contributed by atoms with E-state index in [2.05, 4.69) is 15.3 Å². The minimum Gasteiger partial charge on any atom is -0.321 e. The molecule has 1 N–H and O–H groups in total. The highest BCUT2D eigenvalue weighted by Crippen LogP contribution is 2.28. The molecule has 0 bridgehead atoms. The number of benzene rings is 1. The highest BCUT2D eigenvalue weighted by molar-refractivity contribution is 7.89. The van der Waals surface area contributed by atoms with Crippen molar-refractivity contribution in [1.29, 1.82) is 0 Å². The largest absolute Gasteiger partial charge is 0.321 e. The van der Waals surface area contributed by atoms with Crippen LogP contribution in [0.3, 0.4) is 0 Å². The Morgan fingerprint density at radius 2 is 1.90 bits per heavy atom. The van der Waals surface area contributed by atoms with Crippen molar-refractivity contribution >= 4 is 33.2 Å². The van der Waals surface area contributed by atoms with E-state index in [1.165, 1.54) is 28.7 Å². The van der Waals surface area contributed by atoms with Gasteiger partial charge in [0.25, 0.3) is 5.91 Å². The Hall–Kier alpha value is -2.75. The highest BCUT2D eigenvalue weighted by atomic mass is 35.5. The number of amides is 1. The average molecular weight is 446 g/mol. The maximum atomic E-state index is 13.0. The predicted octanol–water partition coefficient (Wildman–Crippen LogP) is 3.35. The Bertz CT molecular complexity index is 1140. The highest BCUT2D eigenvalue weighted by Gasteiger charge is 2.28. The molecule has 0 aliphatic carbocycles. The van der Waals surface area contributed by atoms with E-state index in [0.717, 1.165) is 19.3 Å². The number of anilines is 1. The molecule has 10 heteroatoms. The van der Waals surface area contributed by atoms with Crippen LogP contribution in [0.5, 0.6) is 0 Å². The number of rotatable bonds is 5. The second kappa shape index (κ2) is 8.55. The minimum absolute atomic E-state index is 0.0488. The van der Waals surface area contributed by atoms with Gasteiger partial charge in [-0.1, -0.05) is 18.0 Å². The van der Waals surface area contributed by atoms with Gasteiger partial charge < -0.3 is 5.32 Å². The molecule has 8 nitrogen and oxygen atoms in total. The Kier molecular flexibility index (Phi) is 5.85. The van der Waals surface area contributed by atoms with E-state index in [1.807, 2.05) is 0 Å². The molecule has 2 aromatic heterocycles. The predicted molar refractivity (Wildman–Crippen MR) is 113 cm³/mol. The lowest BCUT2D eigenvalue weighted by Gasteiger charge is -2.26. The molecular formula is C20H20ClN5O3S. The Morgan fingerprint density at radius 3 is 2.57 bits per heavy atom. The van der Waals surface area contributed by atoms with Crippen molar-refractivity contribution < 1.29 is 13.2 Å². The Morgan fingerprint density at radius 1 is 1.10 bits per heavy atom. The summed E-state index contributed by atoms with van der Waals surface area (Å²) in [5.74, 6) is 0.214. The number of imidazole rings is 1. The molecule has 0 spiro atoms.